The van der Waals surface area contributed by atoms with Crippen molar-refractivity contribution in [3.8, 4) is 22.6 Å². The molecule has 0 saturated heterocycles. The summed E-state index contributed by atoms with van der Waals surface area (Å²) in [5, 5.41) is 27.1. The van der Waals surface area contributed by atoms with Gasteiger partial charge in [0, 0.05) is 22.9 Å². The molecule has 0 atom stereocenters. The summed E-state index contributed by atoms with van der Waals surface area (Å²) in [7, 11) is 0. The Hall–Kier alpha value is -4.00. The summed E-state index contributed by atoms with van der Waals surface area (Å²) in [6, 6.07) is 17.1. The van der Waals surface area contributed by atoms with E-state index in [1.807, 2.05) is 36.4 Å². The van der Waals surface area contributed by atoms with Gasteiger partial charge in [-0.05, 0) is 52.6 Å². The number of aromatic amines is 2. The number of H-pyrrole nitrogens is 2. The minimum absolute atomic E-state index is 0.114. The van der Waals surface area contributed by atoms with Crippen LogP contribution in [0, 0.1) is 5.41 Å². The van der Waals surface area contributed by atoms with Gasteiger partial charge in [-0.1, -0.05) is 39.0 Å². The largest absolute Gasteiger partial charge is 0.478 e. The van der Waals surface area contributed by atoms with Crippen LogP contribution >= 0.6 is 0 Å². The molecule has 0 aliphatic rings. The molecule has 2 heterocycles. The Balaban J connectivity index is 1.54. The predicted molar refractivity (Wildman–Crippen MR) is 125 cm³/mol. The molecule has 160 valence electrons. The van der Waals surface area contributed by atoms with Gasteiger partial charge < -0.3 is 5.11 Å². The number of aromatic nitrogens is 5. The SMILES string of the molecule is CC(C)(C)Cc1n[nH]c(-c2ccc3[nH]nc(-c4ccc5cc(C(=O)O)ccc5c4)c3c2)n1. The first-order valence-corrected chi connectivity index (χ1v) is 10.4. The third kappa shape index (κ3) is 3.73. The van der Waals surface area contributed by atoms with Gasteiger partial charge in [0.15, 0.2) is 11.6 Å². The van der Waals surface area contributed by atoms with Crippen molar-refractivity contribution in [1.82, 2.24) is 25.4 Å². The summed E-state index contributed by atoms with van der Waals surface area (Å²) in [6.07, 6.45) is 0.795. The van der Waals surface area contributed by atoms with E-state index in [0.717, 1.165) is 56.6 Å². The third-order valence-electron chi connectivity index (χ3n) is 5.42. The van der Waals surface area contributed by atoms with Crippen molar-refractivity contribution in [3.05, 3.63) is 66.0 Å². The normalized spacial score (nSPS) is 12.0. The van der Waals surface area contributed by atoms with E-state index < -0.39 is 5.97 Å². The molecule has 0 aliphatic heterocycles. The van der Waals surface area contributed by atoms with Crippen LogP contribution in [-0.4, -0.2) is 36.5 Å². The third-order valence-corrected chi connectivity index (χ3v) is 5.42. The summed E-state index contributed by atoms with van der Waals surface area (Å²) in [5.41, 5.74) is 4.05. The first-order valence-electron chi connectivity index (χ1n) is 10.4. The first kappa shape index (κ1) is 19.9. The van der Waals surface area contributed by atoms with E-state index in [9.17, 15) is 9.90 Å². The number of nitrogens with one attached hydrogen (secondary N) is 2. The molecule has 0 amide bonds. The molecule has 0 spiro atoms. The molecular weight excluding hydrogens is 402 g/mol. The van der Waals surface area contributed by atoms with Gasteiger partial charge in [-0.2, -0.15) is 10.2 Å². The lowest BCUT2D eigenvalue weighted by Gasteiger charge is -2.14. The highest BCUT2D eigenvalue weighted by molar-refractivity contribution is 5.99. The zero-order valence-corrected chi connectivity index (χ0v) is 18.1. The van der Waals surface area contributed by atoms with Crippen molar-refractivity contribution in [2.75, 3.05) is 0 Å². The van der Waals surface area contributed by atoms with E-state index >= 15 is 0 Å². The van der Waals surface area contributed by atoms with Crippen LogP contribution in [0.1, 0.15) is 37.0 Å². The maximum atomic E-state index is 11.2. The van der Waals surface area contributed by atoms with Crippen LogP contribution < -0.4 is 0 Å². The van der Waals surface area contributed by atoms with E-state index in [1.54, 1.807) is 12.1 Å². The molecule has 7 nitrogen and oxygen atoms in total. The molecule has 0 radical (unpaired) electrons. The highest BCUT2D eigenvalue weighted by Gasteiger charge is 2.16. The number of hydrogen-bond donors (Lipinski definition) is 3. The maximum absolute atomic E-state index is 11.2. The lowest BCUT2D eigenvalue weighted by molar-refractivity contribution is 0.0697. The fraction of sp³-hybridized carbons (Fsp3) is 0.200. The number of carbonyl (C=O) groups is 1. The van der Waals surface area contributed by atoms with Crippen LogP contribution in [0.4, 0.5) is 0 Å². The lowest BCUT2D eigenvalue weighted by atomic mass is 9.92. The molecule has 2 aromatic heterocycles. The molecule has 3 aromatic carbocycles. The zero-order chi connectivity index (χ0) is 22.5. The maximum Gasteiger partial charge on any atom is 0.335 e. The molecule has 3 N–H and O–H groups in total. The smallest absolute Gasteiger partial charge is 0.335 e. The summed E-state index contributed by atoms with van der Waals surface area (Å²) >= 11 is 0. The molecular formula is C25H23N5O2. The van der Waals surface area contributed by atoms with Gasteiger partial charge in [-0.3, -0.25) is 10.2 Å². The molecule has 0 unspecified atom stereocenters. The molecule has 32 heavy (non-hydrogen) atoms. The van der Waals surface area contributed by atoms with E-state index in [-0.39, 0.29) is 11.0 Å². The predicted octanol–water partition coefficient (Wildman–Crippen LogP) is 5.46. The molecule has 5 rings (SSSR count). The van der Waals surface area contributed by atoms with E-state index in [1.165, 1.54) is 0 Å². The quantitative estimate of drug-likeness (QED) is 0.355. The Morgan fingerprint density at radius 1 is 0.906 bits per heavy atom. The van der Waals surface area contributed by atoms with Crippen LogP contribution in [0.2, 0.25) is 0 Å². The Kier molecular flexibility index (Phi) is 4.55. The second-order valence-corrected chi connectivity index (χ2v) is 9.25. The number of benzene rings is 3. The first-order chi connectivity index (χ1) is 15.3. The average Bonchev–Trinajstić information content (AvgIpc) is 3.38. The standard InChI is InChI=1S/C25H23N5O2/c1-25(2,3)13-21-26-23(30-28-21)17-8-9-20-19(12-17)22(29-27-20)16-6-4-15-11-18(24(31)32)7-5-14(15)10-16/h4-12H,13H2,1-3H3,(H,27,29)(H,31,32)(H,26,28,30). The van der Waals surface area contributed by atoms with Crippen molar-refractivity contribution in [2.24, 2.45) is 5.41 Å². The molecule has 0 bridgehead atoms. The van der Waals surface area contributed by atoms with Crippen molar-refractivity contribution >= 4 is 27.6 Å². The molecule has 0 aliphatic carbocycles. The molecule has 7 heteroatoms. The van der Waals surface area contributed by atoms with Gasteiger partial charge >= 0.3 is 5.97 Å². The molecule has 0 fully saturated rings. The van der Waals surface area contributed by atoms with Gasteiger partial charge in [0.1, 0.15) is 0 Å². The second-order valence-electron chi connectivity index (χ2n) is 9.25. The number of fused-ring (bicyclic) bond motifs is 2. The van der Waals surface area contributed by atoms with Gasteiger partial charge in [0.05, 0.1) is 16.8 Å². The number of carboxylic acids is 1. The van der Waals surface area contributed by atoms with Crippen molar-refractivity contribution in [3.63, 3.8) is 0 Å². The van der Waals surface area contributed by atoms with Crippen molar-refractivity contribution < 1.29 is 9.90 Å². The Bertz CT molecular complexity index is 1470. The Morgan fingerprint density at radius 2 is 1.66 bits per heavy atom. The number of hydrogen-bond acceptors (Lipinski definition) is 4. The molecule has 0 saturated carbocycles. The second kappa shape index (κ2) is 7.30. The van der Waals surface area contributed by atoms with Gasteiger partial charge in [-0.15, -0.1) is 0 Å². The number of rotatable bonds is 4. The minimum atomic E-state index is -0.931. The summed E-state index contributed by atoms with van der Waals surface area (Å²) < 4.78 is 0. The van der Waals surface area contributed by atoms with Gasteiger partial charge in [0.2, 0.25) is 0 Å². The number of aromatic carboxylic acids is 1. The zero-order valence-electron chi connectivity index (χ0n) is 18.1. The highest BCUT2D eigenvalue weighted by atomic mass is 16.4. The topological polar surface area (TPSA) is 108 Å². The summed E-state index contributed by atoms with van der Waals surface area (Å²) in [4.78, 5) is 15.9. The van der Waals surface area contributed by atoms with Crippen LogP contribution in [0.25, 0.3) is 44.3 Å². The van der Waals surface area contributed by atoms with Crippen LogP contribution in [-0.2, 0) is 6.42 Å². The van der Waals surface area contributed by atoms with Crippen molar-refractivity contribution in [1.29, 1.82) is 0 Å². The lowest BCUT2D eigenvalue weighted by Crippen LogP contribution is -2.10. The van der Waals surface area contributed by atoms with E-state index in [0.29, 0.717) is 0 Å². The van der Waals surface area contributed by atoms with Crippen LogP contribution in [0.15, 0.2) is 54.6 Å². The average molecular weight is 425 g/mol. The number of nitrogens with zero attached hydrogens (tertiary/aromatic N) is 3. The van der Waals surface area contributed by atoms with E-state index in [4.69, 9.17) is 0 Å². The number of carboxylic acid groups (broad SMARTS) is 1. The van der Waals surface area contributed by atoms with Crippen molar-refractivity contribution in [2.45, 2.75) is 27.2 Å². The monoisotopic (exact) mass is 425 g/mol. The molecule has 5 aromatic rings. The fourth-order valence-corrected chi connectivity index (χ4v) is 3.89. The van der Waals surface area contributed by atoms with Gasteiger partial charge in [0.25, 0.3) is 0 Å². The van der Waals surface area contributed by atoms with Crippen LogP contribution in [0.3, 0.4) is 0 Å². The van der Waals surface area contributed by atoms with Gasteiger partial charge in [-0.25, -0.2) is 9.78 Å². The Labute approximate surface area is 184 Å². The Morgan fingerprint density at radius 3 is 2.44 bits per heavy atom. The summed E-state index contributed by atoms with van der Waals surface area (Å²) in [5.74, 6) is 0.605. The van der Waals surface area contributed by atoms with Crippen LogP contribution in [0.5, 0.6) is 0 Å². The highest BCUT2D eigenvalue weighted by Crippen LogP contribution is 2.32. The fourth-order valence-electron chi connectivity index (χ4n) is 3.89. The summed E-state index contributed by atoms with van der Waals surface area (Å²) in [6.45, 7) is 6.50. The van der Waals surface area contributed by atoms with E-state index in [2.05, 4.69) is 52.2 Å². The minimum Gasteiger partial charge on any atom is -0.478 e.